The van der Waals surface area contributed by atoms with Crippen LogP contribution < -0.4 is 5.32 Å². The average Bonchev–Trinajstić information content (AvgIpc) is 2.77. The van der Waals surface area contributed by atoms with Crippen LogP contribution >= 0.6 is 0 Å². The SMILES string of the molecule is CCOC(=O)C1=C(C)NC2=C(C(=O)[C@H](C(=O)OC)[C@@H](C)C2)[C@@H]1c1cccc2ccccc12. The molecule has 2 aliphatic rings. The van der Waals surface area contributed by atoms with Gasteiger partial charge in [0, 0.05) is 22.9 Å². The van der Waals surface area contributed by atoms with Gasteiger partial charge < -0.3 is 14.8 Å². The van der Waals surface area contributed by atoms with Crippen molar-refractivity contribution in [1.82, 2.24) is 5.32 Å². The monoisotopic (exact) mass is 433 g/mol. The van der Waals surface area contributed by atoms with Gasteiger partial charge in [-0.3, -0.25) is 9.59 Å². The van der Waals surface area contributed by atoms with Gasteiger partial charge in [0.1, 0.15) is 5.92 Å². The highest BCUT2D eigenvalue weighted by Crippen LogP contribution is 2.46. The van der Waals surface area contributed by atoms with Crippen LogP contribution in [-0.4, -0.2) is 31.4 Å². The van der Waals surface area contributed by atoms with E-state index in [4.69, 9.17) is 9.47 Å². The first kappa shape index (κ1) is 21.8. The predicted octanol–water partition coefficient (Wildman–Crippen LogP) is 4.02. The number of carbonyl (C=O) groups is 3. The standard InChI is InChI=1S/C26H27NO5/c1-5-32-26(30)21-15(3)27-19-13-14(2)20(25(29)31-4)24(28)23(19)22(21)18-12-8-10-16-9-6-7-11-17(16)18/h6-12,14,20,22,27H,5,13H2,1-4H3/t14-,20+,22+/m0/s1. The van der Waals surface area contributed by atoms with Crippen molar-refractivity contribution >= 4 is 28.5 Å². The third kappa shape index (κ3) is 3.49. The number of hydrogen-bond acceptors (Lipinski definition) is 6. The minimum atomic E-state index is -0.903. The van der Waals surface area contributed by atoms with Crippen molar-refractivity contribution in [3.63, 3.8) is 0 Å². The van der Waals surface area contributed by atoms with E-state index in [1.54, 1.807) is 6.92 Å². The van der Waals surface area contributed by atoms with Crippen molar-refractivity contribution in [2.45, 2.75) is 33.1 Å². The lowest BCUT2D eigenvalue weighted by molar-refractivity contribution is -0.151. The second-order valence-electron chi connectivity index (χ2n) is 8.32. The number of Topliss-reactive ketones (excluding diaryl/α,β-unsaturated/α-hetero) is 1. The van der Waals surface area contributed by atoms with Crippen LogP contribution in [0.1, 0.15) is 38.7 Å². The van der Waals surface area contributed by atoms with E-state index in [-0.39, 0.29) is 18.3 Å². The fourth-order valence-corrected chi connectivity index (χ4v) is 4.97. The zero-order valence-electron chi connectivity index (χ0n) is 18.7. The number of rotatable bonds is 4. The maximum atomic E-state index is 13.7. The minimum Gasteiger partial charge on any atom is -0.468 e. The molecule has 0 fully saturated rings. The van der Waals surface area contributed by atoms with Gasteiger partial charge in [-0.1, -0.05) is 49.4 Å². The molecule has 0 amide bonds. The van der Waals surface area contributed by atoms with Crippen LogP contribution in [-0.2, 0) is 23.9 Å². The number of esters is 2. The van der Waals surface area contributed by atoms with Gasteiger partial charge in [0.15, 0.2) is 5.78 Å². The maximum absolute atomic E-state index is 13.7. The number of carbonyl (C=O) groups excluding carboxylic acids is 3. The molecule has 3 atom stereocenters. The molecule has 0 aromatic heterocycles. The summed E-state index contributed by atoms with van der Waals surface area (Å²) in [5.74, 6) is -3.07. The molecule has 0 radical (unpaired) electrons. The van der Waals surface area contributed by atoms with Gasteiger partial charge in [0.25, 0.3) is 0 Å². The predicted molar refractivity (Wildman–Crippen MR) is 120 cm³/mol. The van der Waals surface area contributed by atoms with E-state index in [0.29, 0.717) is 23.3 Å². The quantitative estimate of drug-likeness (QED) is 0.579. The number of hydrogen-bond donors (Lipinski definition) is 1. The van der Waals surface area contributed by atoms with Crippen LogP contribution in [0.25, 0.3) is 10.8 Å². The lowest BCUT2D eigenvalue weighted by atomic mass is 9.68. The van der Waals surface area contributed by atoms with Crippen molar-refractivity contribution in [2.24, 2.45) is 11.8 Å². The van der Waals surface area contributed by atoms with Crippen molar-refractivity contribution in [3.05, 3.63) is 70.6 Å². The summed E-state index contributed by atoms with van der Waals surface area (Å²) in [6, 6.07) is 13.7. The highest BCUT2D eigenvalue weighted by molar-refractivity contribution is 6.13. The van der Waals surface area contributed by atoms with E-state index in [1.807, 2.05) is 56.3 Å². The number of dihydropyridines is 1. The Kier molecular flexibility index (Phi) is 5.87. The first-order valence-corrected chi connectivity index (χ1v) is 10.9. The molecule has 2 aromatic rings. The molecule has 166 valence electrons. The van der Waals surface area contributed by atoms with Crippen LogP contribution in [0.3, 0.4) is 0 Å². The Bertz CT molecular complexity index is 1170. The van der Waals surface area contributed by atoms with Crippen LogP contribution in [0.15, 0.2) is 65.0 Å². The molecule has 1 N–H and O–H groups in total. The fourth-order valence-electron chi connectivity index (χ4n) is 4.97. The number of benzene rings is 2. The summed E-state index contributed by atoms with van der Waals surface area (Å²) in [4.78, 5) is 39.4. The van der Waals surface area contributed by atoms with Gasteiger partial charge in [-0.2, -0.15) is 0 Å². The Morgan fingerprint density at radius 1 is 1.12 bits per heavy atom. The Labute approximate surface area is 187 Å². The molecular weight excluding hydrogens is 406 g/mol. The normalized spacial score (nSPS) is 23.0. The van der Waals surface area contributed by atoms with E-state index in [1.165, 1.54) is 7.11 Å². The van der Waals surface area contributed by atoms with E-state index in [9.17, 15) is 14.4 Å². The Hall–Kier alpha value is -3.41. The van der Waals surface area contributed by atoms with Crippen molar-refractivity contribution < 1.29 is 23.9 Å². The summed E-state index contributed by atoms with van der Waals surface area (Å²) in [6.07, 6.45) is 0.509. The van der Waals surface area contributed by atoms with Gasteiger partial charge in [0.05, 0.1) is 19.3 Å². The molecule has 1 heterocycles. The highest BCUT2D eigenvalue weighted by atomic mass is 16.5. The lowest BCUT2D eigenvalue weighted by Crippen LogP contribution is -2.43. The largest absolute Gasteiger partial charge is 0.468 e. The second-order valence-corrected chi connectivity index (χ2v) is 8.32. The first-order valence-electron chi connectivity index (χ1n) is 10.9. The highest BCUT2D eigenvalue weighted by Gasteiger charge is 2.47. The molecule has 6 heteroatoms. The van der Waals surface area contributed by atoms with Gasteiger partial charge in [0.2, 0.25) is 0 Å². The summed E-state index contributed by atoms with van der Waals surface area (Å²) in [7, 11) is 1.29. The average molecular weight is 434 g/mol. The van der Waals surface area contributed by atoms with Crippen LogP contribution in [0.2, 0.25) is 0 Å². The van der Waals surface area contributed by atoms with Crippen LogP contribution in [0.4, 0.5) is 0 Å². The summed E-state index contributed by atoms with van der Waals surface area (Å²) in [6.45, 7) is 5.68. The molecule has 0 bridgehead atoms. The molecule has 4 rings (SSSR count). The molecule has 0 saturated heterocycles. The Morgan fingerprint density at radius 2 is 1.84 bits per heavy atom. The number of methoxy groups -OCH3 is 1. The molecular formula is C26H27NO5. The fraction of sp³-hybridized carbons (Fsp3) is 0.346. The number of ketones is 1. The van der Waals surface area contributed by atoms with E-state index >= 15 is 0 Å². The zero-order chi connectivity index (χ0) is 23.0. The molecule has 6 nitrogen and oxygen atoms in total. The number of fused-ring (bicyclic) bond motifs is 1. The van der Waals surface area contributed by atoms with Crippen LogP contribution in [0, 0.1) is 11.8 Å². The Balaban J connectivity index is 1.97. The van der Waals surface area contributed by atoms with Crippen molar-refractivity contribution in [3.8, 4) is 0 Å². The van der Waals surface area contributed by atoms with Crippen molar-refractivity contribution in [2.75, 3.05) is 13.7 Å². The smallest absolute Gasteiger partial charge is 0.336 e. The Morgan fingerprint density at radius 3 is 2.56 bits per heavy atom. The van der Waals surface area contributed by atoms with Gasteiger partial charge in [-0.15, -0.1) is 0 Å². The van der Waals surface area contributed by atoms with Crippen LogP contribution in [0.5, 0.6) is 0 Å². The van der Waals surface area contributed by atoms with E-state index in [0.717, 1.165) is 22.0 Å². The van der Waals surface area contributed by atoms with Gasteiger partial charge in [-0.25, -0.2) is 4.79 Å². The summed E-state index contributed by atoms with van der Waals surface area (Å²) in [5, 5.41) is 5.23. The van der Waals surface area contributed by atoms with Gasteiger partial charge >= 0.3 is 11.9 Å². The minimum absolute atomic E-state index is 0.216. The third-order valence-corrected chi connectivity index (χ3v) is 6.37. The summed E-state index contributed by atoms with van der Waals surface area (Å²) >= 11 is 0. The number of allylic oxidation sites excluding steroid dienone is 3. The molecule has 32 heavy (non-hydrogen) atoms. The molecule has 0 unspecified atom stereocenters. The zero-order valence-corrected chi connectivity index (χ0v) is 18.7. The molecule has 1 aliphatic heterocycles. The van der Waals surface area contributed by atoms with E-state index < -0.39 is 23.8 Å². The molecule has 0 spiro atoms. The third-order valence-electron chi connectivity index (χ3n) is 6.37. The van der Waals surface area contributed by atoms with Gasteiger partial charge in [-0.05, 0) is 42.5 Å². The maximum Gasteiger partial charge on any atom is 0.336 e. The summed E-state index contributed by atoms with van der Waals surface area (Å²) < 4.78 is 10.3. The topological polar surface area (TPSA) is 81.7 Å². The second kappa shape index (κ2) is 8.61. The molecule has 1 aliphatic carbocycles. The lowest BCUT2D eigenvalue weighted by Gasteiger charge is -2.38. The number of nitrogens with one attached hydrogen (secondary N) is 1. The first-order chi connectivity index (χ1) is 15.4. The molecule has 2 aromatic carbocycles. The molecule has 0 saturated carbocycles. The number of ether oxygens (including phenoxy) is 2. The van der Waals surface area contributed by atoms with E-state index in [2.05, 4.69) is 5.32 Å². The summed E-state index contributed by atoms with van der Waals surface area (Å²) in [5.41, 5.74) is 3.10. The van der Waals surface area contributed by atoms with Crippen molar-refractivity contribution in [1.29, 1.82) is 0 Å².